The number of benzene rings is 1. The number of piperazine rings is 1. The van der Waals surface area contributed by atoms with Gasteiger partial charge < -0.3 is 21.1 Å². The molecular formula is C19H22N4O5. The zero-order valence-corrected chi connectivity index (χ0v) is 15.3. The van der Waals surface area contributed by atoms with E-state index in [1.807, 2.05) is 36.4 Å². The molecule has 1 aliphatic heterocycles. The summed E-state index contributed by atoms with van der Waals surface area (Å²) < 4.78 is 0. The summed E-state index contributed by atoms with van der Waals surface area (Å²) in [6.07, 6.45) is -0.109. The molecule has 4 atom stereocenters. The normalized spacial score (nSPS) is 20.9. The van der Waals surface area contributed by atoms with Crippen molar-refractivity contribution in [3.63, 3.8) is 0 Å². The monoisotopic (exact) mass is 386 g/mol. The standard InChI is InChI=1S/C19H22N4O5/c1-11(7-8-20)16(19(27)28)23-15(24)10-14-18(26)21-13(17(25)22-14)9-12-5-3-2-4-6-12/h2-6,11,13-14,16H,7,9-10H2,1H3,(H,21,26)(H,22,25)(H,23,24)(H,27,28)/t11-,13-,14-,16+/m0/s1. The minimum Gasteiger partial charge on any atom is -0.480 e. The Bertz CT molecular complexity index is 789. The number of rotatable bonds is 8. The number of amides is 3. The van der Waals surface area contributed by atoms with Gasteiger partial charge in [-0.2, -0.15) is 5.26 Å². The van der Waals surface area contributed by atoms with E-state index < -0.39 is 54.2 Å². The van der Waals surface area contributed by atoms with E-state index in [2.05, 4.69) is 16.0 Å². The minimum atomic E-state index is -1.27. The number of hydrogen-bond donors (Lipinski definition) is 4. The summed E-state index contributed by atoms with van der Waals surface area (Å²) in [6.45, 7) is 1.53. The molecule has 28 heavy (non-hydrogen) atoms. The van der Waals surface area contributed by atoms with Crippen LogP contribution in [0.3, 0.4) is 0 Å². The number of carbonyl (C=O) groups excluding carboxylic acids is 3. The summed E-state index contributed by atoms with van der Waals surface area (Å²) in [7, 11) is 0. The first-order valence-corrected chi connectivity index (χ1v) is 8.85. The summed E-state index contributed by atoms with van der Waals surface area (Å²) in [5.41, 5.74) is 0.884. The van der Waals surface area contributed by atoms with Crippen LogP contribution in [0.5, 0.6) is 0 Å². The quantitative estimate of drug-likeness (QED) is 0.483. The lowest BCUT2D eigenvalue weighted by atomic mass is 9.98. The van der Waals surface area contributed by atoms with Crippen LogP contribution in [-0.2, 0) is 25.6 Å². The lowest BCUT2D eigenvalue weighted by molar-refractivity contribution is -0.144. The molecule has 3 amide bonds. The minimum absolute atomic E-state index is 0.0426. The van der Waals surface area contributed by atoms with Crippen molar-refractivity contribution in [1.82, 2.24) is 16.0 Å². The van der Waals surface area contributed by atoms with E-state index in [9.17, 15) is 24.3 Å². The number of carboxylic acids is 1. The Kier molecular flexibility index (Phi) is 7.09. The molecule has 0 unspecified atom stereocenters. The summed E-state index contributed by atoms with van der Waals surface area (Å²) in [6, 6.07) is 7.98. The highest BCUT2D eigenvalue weighted by atomic mass is 16.4. The molecule has 4 N–H and O–H groups in total. The summed E-state index contributed by atoms with van der Waals surface area (Å²) in [5, 5.41) is 25.3. The average Bonchev–Trinajstić information content (AvgIpc) is 2.64. The van der Waals surface area contributed by atoms with Crippen molar-refractivity contribution < 1.29 is 24.3 Å². The molecule has 2 rings (SSSR count). The van der Waals surface area contributed by atoms with Gasteiger partial charge >= 0.3 is 5.97 Å². The van der Waals surface area contributed by atoms with Crippen LogP contribution >= 0.6 is 0 Å². The Morgan fingerprint density at radius 2 is 1.79 bits per heavy atom. The smallest absolute Gasteiger partial charge is 0.326 e. The van der Waals surface area contributed by atoms with Crippen LogP contribution in [0.2, 0.25) is 0 Å². The van der Waals surface area contributed by atoms with Gasteiger partial charge in [-0.25, -0.2) is 4.79 Å². The highest BCUT2D eigenvalue weighted by Gasteiger charge is 2.36. The zero-order valence-electron chi connectivity index (χ0n) is 15.3. The van der Waals surface area contributed by atoms with Gasteiger partial charge in [-0.3, -0.25) is 14.4 Å². The van der Waals surface area contributed by atoms with E-state index in [-0.39, 0.29) is 6.42 Å². The molecule has 1 saturated heterocycles. The lowest BCUT2D eigenvalue weighted by Gasteiger charge is -2.30. The van der Waals surface area contributed by atoms with Crippen LogP contribution in [-0.4, -0.2) is 46.9 Å². The van der Waals surface area contributed by atoms with Gasteiger partial charge in [-0.05, 0) is 5.56 Å². The molecule has 9 heteroatoms. The second kappa shape index (κ2) is 9.50. The zero-order chi connectivity index (χ0) is 20.7. The molecule has 1 aliphatic rings. The van der Waals surface area contributed by atoms with Crippen molar-refractivity contribution in [1.29, 1.82) is 5.26 Å². The molecule has 0 spiro atoms. The van der Waals surface area contributed by atoms with Crippen LogP contribution in [0.1, 0.15) is 25.3 Å². The van der Waals surface area contributed by atoms with E-state index in [1.54, 1.807) is 0 Å². The molecule has 0 radical (unpaired) electrons. The fraction of sp³-hybridized carbons (Fsp3) is 0.421. The van der Waals surface area contributed by atoms with Crippen LogP contribution in [0.15, 0.2) is 30.3 Å². The van der Waals surface area contributed by atoms with E-state index in [1.165, 1.54) is 6.92 Å². The Morgan fingerprint density at radius 3 is 2.39 bits per heavy atom. The summed E-state index contributed by atoms with van der Waals surface area (Å²) >= 11 is 0. The van der Waals surface area contributed by atoms with E-state index in [4.69, 9.17) is 5.26 Å². The number of aliphatic carboxylic acids is 1. The van der Waals surface area contributed by atoms with E-state index >= 15 is 0 Å². The fourth-order valence-electron chi connectivity index (χ4n) is 2.94. The molecule has 0 bridgehead atoms. The van der Waals surface area contributed by atoms with Crippen molar-refractivity contribution in [2.75, 3.05) is 0 Å². The van der Waals surface area contributed by atoms with Gasteiger partial charge in [0, 0.05) is 18.8 Å². The summed E-state index contributed by atoms with van der Waals surface area (Å²) in [4.78, 5) is 48.0. The van der Waals surface area contributed by atoms with Gasteiger partial charge in [0.05, 0.1) is 12.5 Å². The molecule has 148 valence electrons. The molecule has 0 aliphatic carbocycles. The maximum absolute atomic E-state index is 12.3. The third-order valence-electron chi connectivity index (χ3n) is 4.50. The van der Waals surface area contributed by atoms with Crippen molar-refractivity contribution in [3.8, 4) is 6.07 Å². The molecule has 1 heterocycles. The first kappa shape index (κ1) is 20.9. The maximum atomic E-state index is 12.3. The van der Waals surface area contributed by atoms with Crippen LogP contribution in [0.25, 0.3) is 0 Å². The second-order valence-electron chi connectivity index (χ2n) is 6.74. The summed E-state index contributed by atoms with van der Waals surface area (Å²) in [5.74, 6) is -3.48. The predicted molar refractivity (Wildman–Crippen MR) is 97.6 cm³/mol. The van der Waals surface area contributed by atoms with Crippen molar-refractivity contribution in [3.05, 3.63) is 35.9 Å². The Balaban J connectivity index is 1.93. The first-order valence-electron chi connectivity index (χ1n) is 8.85. The maximum Gasteiger partial charge on any atom is 0.326 e. The van der Waals surface area contributed by atoms with Gasteiger partial charge in [0.2, 0.25) is 17.7 Å². The average molecular weight is 386 g/mol. The van der Waals surface area contributed by atoms with Gasteiger partial charge in [0.15, 0.2) is 0 Å². The van der Waals surface area contributed by atoms with Crippen LogP contribution < -0.4 is 16.0 Å². The SMILES string of the molecule is C[C@@H](CC#N)[C@@H](NC(=O)C[C@@H]1NC(=O)[C@H](Cc2ccccc2)NC1=O)C(=O)O. The lowest BCUT2D eigenvalue weighted by Crippen LogP contribution is -2.63. The number of nitrogens with one attached hydrogen (secondary N) is 3. The molecule has 0 saturated carbocycles. The molecule has 1 aromatic carbocycles. The van der Waals surface area contributed by atoms with Gasteiger partial charge in [-0.15, -0.1) is 0 Å². The Hall–Kier alpha value is -3.41. The van der Waals surface area contributed by atoms with Gasteiger partial charge in [-0.1, -0.05) is 37.3 Å². The van der Waals surface area contributed by atoms with Crippen molar-refractivity contribution in [2.45, 2.75) is 44.3 Å². The predicted octanol–water partition coefficient (Wildman–Crippen LogP) is -0.278. The number of carboxylic acid groups (broad SMARTS) is 1. The number of nitrogens with zero attached hydrogens (tertiary/aromatic N) is 1. The van der Waals surface area contributed by atoms with E-state index in [0.29, 0.717) is 6.42 Å². The highest BCUT2D eigenvalue weighted by Crippen LogP contribution is 2.11. The highest BCUT2D eigenvalue weighted by molar-refractivity contribution is 5.99. The molecular weight excluding hydrogens is 364 g/mol. The molecule has 0 aromatic heterocycles. The van der Waals surface area contributed by atoms with Crippen LogP contribution in [0.4, 0.5) is 0 Å². The van der Waals surface area contributed by atoms with Gasteiger partial charge in [0.25, 0.3) is 0 Å². The Labute approximate surface area is 162 Å². The largest absolute Gasteiger partial charge is 0.480 e. The van der Waals surface area contributed by atoms with E-state index in [0.717, 1.165) is 5.56 Å². The molecule has 1 aromatic rings. The first-order chi connectivity index (χ1) is 13.3. The Morgan fingerprint density at radius 1 is 1.18 bits per heavy atom. The number of carbonyl (C=O) groups is 4. The number of hydrogen-bond acceptors (Lipinski definition) is 5. The molecule has 9 nitrogen and oxygen atoms in total. The third-order valence-corrected chi connectivity index (χ3v) is 4.50. The van der Waals surface area contributed by atoms with Crippen molar-refractivity contribution >= 4 is 23.7 Å². The fourth-order valence-corrected chi connectivity index (χ4v) is 2.94. The molecule has 1 fully saturated rings. The topological polar surface area (TPSA) is 148 Å². The number of nitriles is 1. The van der Waals surface area contributed by atoms with Gasteiger partial charge in [0.1, 0.15) is 18.1 Å². The van der Waals surface area contributed by atoms with Crippen LogP contribution in [0, 0.1) is 17.2 Å². The third kappa shape index (κ3) is 5.54. The second-order valence-corrected chi connectivity index (χ2v) is 6.74. The van der Waals surface area contributed by atoms with Crippen molar-refractivity contribution in [2.24, 2.45) is 5.92 Å².